The van der Waals surface area contributed by atoms with Crippen LogP contribution in [0.5, 0.6) is 0 Å². The summed E-state index contributed by atoms with van der Waals surface area (Å²) in [6, 6.07) is 11.0. The zero-order chi connectivity index (χ0) is 34.6. The summed E-state index contributed by atoms with van der Waals surface area (Å²) in [5, 5.41) is 5.38. The standard InChI is InChI=1S/C35H39BrN8O5/c1-20-14-23(10-11-42(20)24-4-6-26-27(16-24)34(48)44(33(26)47)29-7-9-31(45)39-32(29)46)41-12-13-43(21(2)18-41)25-5-8-30(37-17-25)38-28-15-22(36)19-40(3)35(28)49/h4-6,8,15-17,19-21,23,29H,7,9-14,18H2,1-3H3,(H,37,38)(H,39,45,46)/t20-,21-,23+,29?/m0/s1. The first kappa shape index (κ1) is 33.0. The number of imide groups is 2. The lowest BCUT2D eigenvalue weighted by Crippen LogP contribution is -2.58. The summed E-state index contributed by atoms with van der Waals surface area (Å²) < 4.78 is 2.32. The Morgan fingerprint density at radius 2 is 1.63 bits per heavy atom. The zero-order valence-electron chi connectivity index (χ0n) is 27.7. The van der Waals surface area contributed by atoms with Gasteiger partial charge < -0.3 is 19.7 Å². The molecule has 3 fully saturated rings. The van der Waals surface area contributed by atoms with Crippen molar-refractivity contribution >= 4 is 62.4 Å². The van der Waals surface area contributed by atoms with E-state index < -0.39 is 29.7 Å². The molecule has 6 heterocycles. The minimum absolute atomic E-state index is 0.0926. The summed E-state index contributed by atoms with van der Waals surface area (Å²) in [6.07, 6.45) is 5.75. The van der Waals surface area contributed by atoms with Crippen LogP contribution >= 0.6 is 15.9 Å². The molecule has 0 spiro atoms. The van der Waals surface area contributed by atoms with Crippen molar-refractivity contribution in [1.82, 2.24) is 24.7 Å². The molecule has 4 atom stereocenters. The molecule has 3 saturated heterocycles. The number of rotatable bonds is 6. The third kappa shape index (κ3) is 6.23. The first-order valence-corrected chi connectivity index (χ1v) is 17.5. The van der Waals surface area contributed by atoms with Gasteiger partial charge in [-0.05, 0) is 85.4 Å². The maximum atomic E-state index is 13.4. The number of nitrogens with one attached hydrogen (secondary N) is 2. The summed E-state index contributed by atoms with van der Waals surface area (Å²) >= 11 is 3.44. The van der Waals surface area contributed by atoms with Crippen molar-refractivity contribution in [3.63, 3.8) is 0 Å². The van der Waals surface area contributed by atoms with Crippen molar-refractivity contribution in [1.29, 1.82) is 0 Å². The SMILES string of the molecule is C[C@H]1C[C@H](N2CCN(c3ccc(Nc4cc(Br)cn(C)c4=O)nc3)[C@@H](C)C2)CCN1c1ccc2c(c1)C(=O)N(C1CCC(=O)NC1=O)C2=O. The smallest absolute Gasteiger partial charge is 0.274 e. The summed E-state index contributed by atoms with van der Waals surface area (Å²) in [4.78, 5) is 76.0. The summed E-state index contributed by atoms with van der Waals surface area (Å²) in [5.74, 6) is -1.36. The lowest BCUT2D eigenvalue weighted by Gasteiger charge is -2.48. The molecule has 2 aromatic heterocycles. The Balaban J connectivity index is 0.959. The summed E-state index contributed by atoms with van der Waals surface area (Å²) in [5.41, 5.74) is 2.86. The summed E-state index contributed by atoms with van der Waals surface area (Å²) in [7, 11) is 1.71. The van der Waals surface area contributed by atoms with Crippen molar-refractivity contribution in [2.24, 2.45) is 7.05 Å². The van der Waals surface area contributed by atoms with Crippen LogP contribution in [0.15, 0.2) is 58.1 Å². The molecule has 2 N–H and O–H groups in total. The second kappa shape index (κ2) is 13.0. The zero-order valence-corrected chi connectivity index (χ0v) is 29.3. The normalized spacial score (nSPS) is 24.7. The fraction of sp³-hybridized carbons (Fsp3) is 0.429. The highest BCUT2D eigenvalue weighted by atomic mass is 79.9. The number of carbonyl (C=O) groups excluding carboxylic acids is 4. The van der Waals surface area contributed by atoms with Gasteiger partial charge in [0.25, 0.3) is 17.4 Å². The molecule has 0 aliphatic carbocycles. The molecular formula is C35H39BrN8O5. The van der Waals surface area contributed by atoms with Gasteiger partial charge in [0.05, 0.1) is 23.0 Å². The molecular weight excluding hydrogens is 692 g/mol. The van der Waals surface area contributed by atoms with Gasteiger partial charge >= 0.3 is 0 Å². The average molecular weight is 732 g/mol. The van der Waals surface area contributed by atoms with Crippen LogP contribution in [-0.4, -0.2) is 93.3 Å². The second-order valence-corrected chi connectivity index (χ2v) is 14.4. The number of benzene rings is 1. The Labute approximate surface area is 292 Å². The fourth-order valence-electron chi connectivity index (χ4n) is 7.73. The van der Waals surface area contributed by atoms with E-state index in [9.17, 15) is 24.0 Å². The van der Waals surface area contributed by atoms with E-state index in [4.69, 9.17) is 0 Å². The van der Waals surface area contributed by atoms with E-state index in [0.29, 0.717) is 28.7 Å². The van der Waals surface area contributed by atoms with Crippen LogP contribution < -0.4 is 26.0 Å². The quantitative estimate of drug-likeness (QED) is 0.364. The third-order valence-corrected chi connectivity index (χ3v) is 10.7. The van der Waals surface area contributed by atoms with Crippen molar-refractivity contribution in [3.05, 3.63) is 74.7 Å². The van der Waals surface area contributed by atoms with E-state index in [1.807, 2.05) is 24.4 Å². The molecule has 256 valence electrons. The van der Waals surface area contributed by atoms with Gasteiger partial charge in [0.15, 0.2) is 0 Å². The number of aryl methyl sites for hydroxylation is 1. The van der Waals surface area contributed by atoms with E-state index in [1.165, 1.54) is 4.57 Å². The largest absolute Gasteiger partial charge is 0.369 e. The molecule has 4 aliphatic rings. The Morgan fingerprint density at radius 3 is 2.35 bits per heavy atom. The van der Waals surface area contributed by atoms with Gasteiger partial charge in [-0.1, -0.05) is 0 Å². The lowest BCUT2D eigenvalue weighted by atomic mass is 9.94. The van der Waals surface area contributed by atoms with Crippen LogP contribution in [-0.2, 0) is 16.6 Å². The number of pyridine rings is 2. The van der Waals surface area contributed by atoms with E-state index >= 15 is 0 Å². The van der Waals surface area contributed by atoms with Crippen molar-refractivity contribution in [2.45, 2.75) is 63.7 Å². The number of amides is 4. The highest BCUT2D eigenvalue weighted by Gasteiger charge is 2.45. The molecule has 1 aromatic carbocycles. The molecule has 4 aliphatic heterocycles. The predicted molar refractivity (Wildman–Crippen MR) is 188 cm³/mol. The number of hydrogen-bond donors (Lipinski definition) is 2. The van der Waals surface area contributed by atoms with Crippen LogP contribution in [0.1, 0.15) is 60.2 Å². The van der Waals surface area contributed by atoms with Crippen molar-refractivity contribution in [3.8, 4) is 0 Å². The van der Waals surface area contributed by atoms with Gasteiger partial charge in [0, 0.05) is 74.1 Å². The Hall–Kier alpha value is -4.56. The van der Waals surface area contributed by atoms with Gasteiger partial charge in [0.1, 0.15) is 17.5 Å². The molecule has 3 aromatic rings. The number of halogens is 1. The molecule has 0 bridgehead atoms. The van der Waals surface area contributed by atoms with E-state index in [0.717, 1.165) is 59.8 Å². The molecule has 49 heavy (non-hydrogen) atoms. The predicted octanol–water partition coefficient (Wildman–Crippen LogP) is 3.26. The van der Waals surface area contributed by atoms with E-state index in [-0.39, 0.29) is 30.5 Å². The maximum Gasteiger partial charge on any atom is 0.274 e. The monoisotopic (exact) mass is 730 g/mol. The van der Waals surface area contributed by atoms with Gasteiger partial charge in [-0.3, -0.25) is 39.1 Å². The number of anilines is 4. The number of nitrogens with zero attached hydrogens (tertiary/aromatic N) is 6. The molecule has 4 amide bonds. The fourth-order valence-corrected chi connectivity index (χ4v) is 8.27. The van der Waals surface area contributed by atoms with Crippen LogP contribution in [0.2, 0.25) is 0 Å². The lowest BCUT2D eigenvalue weighted by molar-refractivity contribution is -0.136. The van der Waals surface area contributed by atoms with E-state index in [1.54, 1.807) is 31.4 Å². The van der Waals surface area contributed by atoms with Crippen molar-refractivity contribution in [2.75, 3.05) is 41.3 Å². The van der Waals surface area contributed by atoms with Crippen molar-refractivity contribution < 1.29 is 19.2 Å². The molecule has 13 nitrogen and oxygen atoms in total. The minimum Gasteiger partial charge on any atom is -0.369 e. The van der Waals surface area contributed by atoms with Gasteiger partial charge in [0.2, 0.25) is 11.8 Å². The molecule has 0 saturated carbocycles. The Kier molecular flexibility index (Phi) is 8.78. The second-order valence-electron chi connectivity index (χ2n) is 13.4. The highest BCUT2D eigenvalue weighted by Crippen LogP contribution is 2.34. The first-order chi connectivity index (χ1) is 23.5. The van der Waals surface area contributed by atoms with Crippen LogP contribution in [0.25, 0.3) is 0 Å². The molecule has 14 heteroatoms. The van der Waals surface area contributed by atoms with Gasteiger partial charge in [-0.2, -0.15) is 0 Å². The first-order valence-electron chi connectivity index (χ1n) is 16.7. The van der Waals surface area contributed by atoms with Crippen LogP contribution in [0, 0.1) is 0 Å². The Morgan fingerprint density at radius 1 is 0.878 bits per heavy atom. The third-order valence-electron chi connectivity index (χ3n) is 10.3. The molecule has 7 rings (SSSR count). The number of hydrogen-bond acceptors (Lipinski definition) is 10. The molecule has 1 unspecified atom stereocenters. The average Bonchev–Trinajstić information content (AvgIpc) is 3.32. The topological polar surface area (TPSA) is 140 Å². The highest BCUT2D eigenvalue weighted by molar-refractivity contribution is 9.10. The number of piperazine rings is 1. The maximum absolute atomic E-state index is 13.4. The van der Waals surface area contributed by atoms with Crippen LogP contribution in [0.3, 0.4) is 0 Å². The molecule has 0 radical (unpaired) electrons. The van der Waals surface area contributed by atoms with Gasteiger partial charge in [-0.15, -0.1) is 0 Å². The van der Waals surface area contributed by atoms with Crippen LogP contribution in [0.4, 0.5) is 22.9 Å². The number of carbonyl (C=O) groups is 4. The minimum atomic E-state index is -0.974. The van der Waals surface area contributed by atoms with Gasteiger partial charge in [-0.25, -0.2) is 4.98 Å². The van der Waals surface area contributed by atoms with E-state index in [2.05, 4.69) is 60.1 Å². The summed E-state index contributed by atoms with van der Waals surface area (Å²) in [6.45, 7) is 7.99. The number of piperidine rings is 2. The number of fused-ring (bicyclic) bond motifs is 1. The number of aromatic nitrogens is 2. The Bertz CT molecular complexity index is 1900.